The summed E-state index contributed by atoms with van der Waals surface area (Å²) in [4.78, 5) is 4.30. The van der Waals surface area contributed by atoms with E-state index in [0.29, 0.717) is 16.2 Å². The average molecular weight is 392 g/mol. The van der Waals surface area contributed by atoms with Crippen LogP contribution in [0.3, 0.4) is 0 Å². The molecule has 2 aromatic carbocycles. The maximum Gasteiger partial charge on any atom is 0.264 e. The third kappa shape index (κ3) is 3.34. The number of nitrogens with two attached hydrogens (primary N) is 1. The Hall–Kier alpha value is -2.32. The highest BCUT2D eigenvalue weighted by atomic mass is 32.2. The summed E-state index contributed by atoms with van der Waals surface area (Å²) in [6.07, 6.45) is 0. The first kappa shape index (κ1) is 18.5. The van der Waals surface area contributed by atoms with Gasteiger partial charge in [0.2, 0.25) is 0 Å². The lowest BCUT2D eigenvalue weighted by molar-refractivity contribution is 0.470. The van der Waals surface area contributed by atoms with E-state index in [1.165, 1.54) is 21.7 Å². The van der Waals surface area contributed by atoms with E-state index < -0.39 is 10.0 Å². The van der Waals surface area contributed by atoms with E-state index in [1.54, 1.807) is 37.3 Å². The van der Waals surface area contributed by atoms with Crippen LogP contribution in [0.2, 0.25) is 0 Å². The minimum Gasteiger partial charge on any atom is -0.505 e. The predicted octanol–water partition coefficient (Wildman–Crippen LogP) is 3.74. The summed E-state index contributed by atoms with van der Waals surface area (Å²) in [6, 6.07) is 9.87. The van der Waals surface area contributed by atoms with Crippen LogP contribution in [0, 0.1) is 12.8 Å². The number of nitrogens with zero attached hydrogens (tertiary/aromatic N) is 2. The van der Waals surface area contributed by atoms with Gasteiger partial charge in [-0.15, -0.1) is 0 Å². The van der Waals surface area contributed by atoms with Gasteiger partial charge in [0.25, 0.3) is 10.0 Å². The molecule has 26 heavy (non-hydrogen) atoms. The predicted molar refractivity (Wildman–Crippen MR) is 106 cm³/mol. The minimum atomic E-state index is -3.87. The number of sulfonamides is 1. The number of hydrogen-bond donors (Lipinski definition) is 2. The molecule has 0 aliphatic heterocycles. The first-order valence-corrected chi connectivity index (χ1v) is 10.4. The summed E-state index contributed by atoms with van der Waals surface area (Å²) in [6.45, 7) is 5.85. The van der Waals surface area contributed by atoms with Gasteiger partial charge in [0.1, 0.15) is 5.75 Å². The third-order valence-electron chi connectivity index (χ3n) is 3.98. The maximum absolute atomic E-state index is 13.3. The molecule has 3 rings (SSSR count). The van der Waals surface area contributed by atoms with Gasteiger partial charge in [-0.1, -0.05) is 37.3 Å². The molecule has 1 aromatic heterocycles. The van der Waals surface area contributed by atoms with Gasteiger partial charge < -0.3 is 10.8 Å². The lowest BCUT2D eigenvalue weighted by Crippen LogP contribution is -2.34. The van der Waals surface area contributed by atoms with E-state index in [0.717, 1.165) is 4.70 Å². The molecular weight excluding hydrogens is 370 g/mol. The van der Waals surface area contributed by atoms with E-state index >= 15 is 0 Å². The topological polar surface area (TPSA) is 96.5 Å². The number of aromatic hydroxyl groups is 1. The van der Waals surface area contributed by atoms with Crippen molar-refractivity contribution in [2.75, 3.05) is 16.6 Å². The fourth-order valence-electron chi connectivity index (χ4n) is 2.72. The largest absolute Gasteiger partial charge is 0.505 e. The van der Waals surface area contributed by atoms with Crippen LogP contribution in [0.25, 0.3) is 10.2 Å². The summed E-state index contributed by atoms with van der Waals surface area (Å²) in [5, 5.41) is 10.8. The van der Waals surface area contributed by atoms with Crippen molar-refractivity contribution in [3.63, 3.8) is 0 Å². The van der Waals surface area contributed by atoms with Gasteiger partial charge >= 0.3 is 0 Å². The third-order valence-corrected chi connectivity index (χ3v) is 6.62. The Kier molecular flexibility index (Phi) is 4.81. The Morgan fingerprint density at radius 2 is 2.00 bits per heavy atom. The molecule has 0 unspecified atom stereocenters. The first-order chi connectivity index (χ1) is 12.2. The fraction of sp³-hybridized carbons (Fsp3) is 0.278. The van der Waals surface area contributed by atoms with Crippen LogP contribution in [-0.4, -0.2) is 25.1 Å². The fourth-order valence-corrected chi connectivity index (χ4v) is 5.09. The summed E-state index contributed by atoms with van der Waals surface area (Å²) >= 11 is 1.31. The van der Waals surface area contributed by atoms with Gasteiger partial charge in [0, 0.05) is 6.54 Å². The number of hydrogen-bond acceptors (Lipinski definition) is 6. The van der Waals surface area contributed by atoms with E-state index in [2.05, 4.69) is 4.98 Å². The molecule has 0 aliphatic carbocycles. The number of benzene rings is 2. The quantitative estimate of drug-likeness (QED) is 0.690. The Morgan fingerprint density at radius 3 is 2.69 bits per heavy atom. The van der Waals surface area contributed by atoms with Crippen LogP contribution >= 0.6 is 11.3 Å². The van der Waals surface area contributed by atoms with E-state index in [-0.39, 0.29) is 28.8 Å². The standard InChI is InChI=1S/C18H21N3O3S2/c1-11(2)10-21(15-6-4-5-12(3)17(15)22)26(23,24)13-7-8-16-14(9-13)20-18(19)25-16/h4-9,11,22H,10H2,1-3H3,(H2,19,20). The van der Waals surface area contributed by atoms with Gasteiger partial charge in [-0.05, 0) is 42.7 Å². The van der Waals surface area contributed by atoms with Crippen molar-refractivity contribution in [1.82, 2.24) is 4.98 Å². The normalized spacial score (nSPS) is 12.0. The number of anilines is 2. The van der Waals surface area contributed by atoms with Crippen LogP contribution in [0.1, 0.15) is 19.4 Å². The number of nitrogen functional groups attached to an aromatic ring is 1. The maximum atomic E-state index is 13.3. The van der Waals surface area contributed by atoms with Gasteiger partial charge in [0.05, 0.1) is 20.8 Å². The summed E-state index contributed by atoms with van der Waals surface area (Å²) in [7, 11) is -3.87. The molecule has 6 nitrogen and oxygen atoms in total. The Morgan fingerprint density at radius 1 is 1.27 bits per heavy atom. The van der Waals surface area contributed by atoms with Gasteiger partial charge in [-0.25, -0.2) is 13.4 Å². The second-order valence-corrected chi connectivity index (χ2v) is 9.48. The molecule has 3 N–H and O–H groups in total. The number of thiazole rings is 1. The highest BCUT2D eigenvalue weighted by Gasteiger charge is 2.28. The van der Waals surface area contributed by atoms with Crippen LogP contribution < -0.4 is 10.0 Å². The smallest absolute Gasteiger partial charge is 0.264 e. The van der Waals surface area contributed by atoms with Crippen molar-refractivity contribution in [3.8, 4) is 5.75 Å². The lowest BCUT2D eigenvalue weighted by Gasteiger charge is -2.27. The second kappa shape index (κ2) is 6.77. The van der Waals surface area contributed by atoms with Crippen molar-refractivity contribution < 1.29 is 13.5 Å². The minimum absolute atomic E-state index is 0.0318. The Bertz CT molecular complexity index is 1060. The number of para-hydroxylation sites is 1. The highest BCUT2D eigenvalue weighted by Crippen LogP contribution is 2.35. The van der Waals surface area contributed by atoms with Crippen molar-refractivity contribution in [2.24, 2.45) is 5.92 Å². The number of phenols is 1. The molecule has 3 aromatic rings. The molecule has 0 atom stereocenters. The Balaban J connectivity index is 2.15. The Labute approximate surface area is 157 Å². The number of fused-ring (bicyclic) bond motifs is 1. The molecule has 0 bridgehead atoms. The van der Waals surface area contributed by atoms with Crippen molar-refractivity contribution in [2.45, 2.75) is 25.7 Å². The zero-order chi connectivity index (χ0) is 19.1. The van der Waals surface area contributed by atoms with Crippen molar-refractivity contribution in [3.05, 3.63) is 42.0 Å². The summed E-state index contributed by atoms with van der Waals surface area (Å²) < 4.78 is 28.8. The number of phenolic OH excluding ortho intramolecular Hbond substituents is 1. The average Bonchev–Trinajstić information content (AvgIpc) is 2.94. The molecule has 0 spiro atoms. The number of aromatic nitrogens is 1. The number of aryl methyl sites for hydroxylation is 1. The molecule has 8 heteroatoms. The SMILES string of the molecule is Cc1cccc(N(CC(C)C)S(=O)(=O)c2ccc3sc(N)nc3c2)c1O. The van der Waals surface area contributed by atoms with Crippen LogP contribution in [0.5, 0.6) is 5.75 Å². The molecule has 1 heterocycles. The summed E-state index contributed by atoms with van der Waals surface area (Å²) in [5.41, 5.74) is 7.16. The summed E-state index contributed by atoms with van der Waals surface area (Å²) in [5.74, 6) is 0.0408. The molecule has 0 saturated carbocycles. The van der Waals surface area contributed by atoms with Gasteiger partial charge in [-0.3, -0.25) is 4.31 Å². The van der Waals surface area contributed by atoms with Crippen molar-refractivity contribution in [1.29, 1.82) is 0 Å². The molecule has 0 radical (unpaired) electrons. The highest BCUT2D eigenvalue weighted by molar-refractivity contribution is 7.92. The first-order valence-electron chi connectivity index (χ1n) is 8.17. The monoisotopic (exact) mass is 391 g/mol. The van der Waals surface area contributed by atoms with E-state index in [9.17, 15) is 13.5 Å². The molecular formula is C18H21N3O3S2. The van der Waals surface area contributed by atoms with E-state index in [1.807, 2.05) is 13.8 Å². The zero-order valence-corrected chi connectivity index (χ0v) is 16.4. The zero-order valence-electron chi connectivity index (χ0n) is 14.8. The molecule has 138 valence electrons. The lowest BCUT2D eigenvalue weighted by atomic mass is 10.1. The van der Waals surface area contributed by atoms with Crippen LogP contribution in [-0.2, 0) is 10.0 Å². The van der Waals surface area contributed by atoms with Crippen molar-refractivity contribution >= 4 is 42.4 Å². The van der Waals surface area contributed by atoms with Crippen LogP contribution in [0.4, 0.5) is 10.8 Å². The number of rotatable bonds is 5. The molecule has 0 aliphatic rings. The van der Waals surface area contributed by atoms with E-state index in [4.69, 9.17) is 5.73 Å². The molecule has 0 amide bonds. The van der Waals surface area contributed by atoms with Crippen LogP contribution in [0.15, 0.2) is 41.3 Å². The molecule has 0 saturated heterocycles. The van der Waals surface area contributed by atoms with Gasteiger partial charge in [0.15, 0.2) is 5.13 Å². The van der Waals surface area contributed by atoms with Gasteiger partial charge in [-0.2, -0.15) is 0 Å². The molecule has 0 fully saturated rings. The second-order valence-electron chi connectivity index (χ2n) is 6.55.